The first kappa shape index (κ1) is 22.5. The Morgan fingerprint density at radius 2 is 1.94 bits per heavy atom. The van der Waals surface area contributed by atoms with Crippen LogP contribution < -0.4 is 20.4 Å². The molecule has 0 saturated carbocycles. The molecule has 3 rings (SSSR count). The van der Waals surface area contributed by atoms with Gasteiger partial charge in [0.05, 0.1) is 26.5 Å². The standard InChI is InChI=1S/C23H28N4O4/c1-30-21-8-7-18(15-20(21)17-27-11-13-31-14-12-27)16-25-26-22(28)9-10-24-23(29)19-5-3-2-4-6-19/h2-8,15-16H,9-14,17H2,1H3,(H,24,29)(H,26,28)/p+1/b25-16-. The quantitative estimate of drug-likeness (QED) is 0.400. The number of benzene rings is 2. The Kier molecular flexibility index (Phi) is 8.57. The molecule has 2 aromatic carbocycles. The van der Waals surface area contributed by atoms with Gasteiger partial charge in [-0.3, -0.25) is 9.59 Å². The lowest BCUT2D eigenvalue weighted by atomic mass is 10.1. The third kappa shape index (κ3) is 7.20. The molecule has 1 heterocycles. The van der Waals surface area contributed by atoms with Gasteiger partial charge < -0.3 is 19.7 Å². The van der Waals surface area contributed by atoms with Gasteiger partial charge in [-0.1, -0.05) is 18.2 Å². The molecule has 1 aliphatic heterocycles. The lowest BCUT2D eigenvalue weighted by Gasteiger charge is -2.24. The summed E-state index contributed by atoms with van der Waals surface area (Å²) in [5.41, 5.74) is 5.04. The van der Waals surface area contributed by atoms with Crippen molar-refractivity contribution in [3.8, 4) is 5.75 Å². The average Bonchev–Trinajstić information content (AvgIpc) is 2.80. The van der Waals surface area contributed by atoms with E-state index in [-0.39, 0.29) is 24.8 Å². The molecule has 2 amide bonds. The smallest absolute Gasteiger partial charge is 0.251 e. The summed E-state index contributed by atoms with van der Waals surface area (Å²) in [6.07, 6.45) is 1.75. The Morgan fingerprint density at radius 1 is 1.16 bits per heavy atom. The molecule has 1 saturated heterocycles. The predicted octanol–water partition coefficient (Wildman–Crippen LogP) is 0.381. The number of nitrogens with zero attached hydrogens (tertiary/aromatic N) is 1. The highest BCUT2D eigenvalue weighted by molar-refractivity contribution is 5.94. The van der Waals surface area contributed by atoms with Crippen LogP contribution in [0.3, 0.4) is 0 Å². The number of rotatable bonds is 9. The van der Waals surface area contributed by atoms with E-state index in [1.807, 2.05) is 24.3 Å². The van der Waals surface area contributed by atoms with Crippen molar-refractivity contribution >= 4 is 18.0 Å². The van der Waals surface area contributed by atoms with Gasteiger partial charge in [0.1, 0.15) is 25.4 Å². The third-order valence-corrected chi connectivity index (χ3v) is 5.02. The van der Waals surface area contributed by atoms with Crippen molar-refractivity contribution in [2.75, 3.05) is 40.0 Å². The van der Waals surface area contributed by atoms with Crippen molar-refractivity contribution in [2.24, 2.45) is 5.10 Å². The van der Waals surface area contributed by atoms with E-state index in [9.17, 15) is 9.59 Å². The van der Waals surface area contributed by atoms with Crippen LogP contribution in [0.1, 0.15) is 27.9 Å². The van der Waals surface area contributed by atoms with Gasteiger partial charge in [0.15, 0.2) is 0 Å². The van der Waals surface area contributed by atoms with E-state index in [1.54, 1.807) is 37.6 Å². The molecular formula is C23H29N4O4+. The number of hydrazone groups is 1. The maximum absolute atomic E-state index is 12.0. The molecule has 0 aromatic heterocycles. The molecule has 164 valence electrons. The summed E-state index contributed by atoms with van der Waals surface area (Å²) in [6, 6.07) is 14.7. The van der Waals surface area contributed by atoms with Crippen molar-refractivity contribution in [3.05, 3.63) is 65.2 Å². The van der Waals surface area contributed by atoms with Crippen LogP contribution >= 0.6 is 0 Å². The topological polar surface area (TPSA) is 93.5 Å². The van der Waals surface area contributed by atoms with E-state index in [0.29, 0.717) is 5.56 Å². The summed E-state index contributed by atoms with van der Waals surface area (Å²) < 4.78 is 10.9. The third-order valence-electron chi connectivity index (χ3n) is 5.02. The fourth-order valence-corrected chi connectivity index (χ4v) is 3.34. The number of quaternary nitrogens is 1. The number of hydrogen-bond donors (Lipinski definition) is 3. The fraction of sp³-hybridized carbons (Fsp3) is 0.348. The molecule has 3 N–H and O–H groups in total. The summed E-state index contributed by atoms with van der Waals surface area (Å²) in [5.74, 6) is 0.371. The Balaban J connectivity index is 1.46. The molecular weight excluding hydrogens is 396 g/mol. The van der Waals surface area contributed by atoms with Gasteiger partial charge in [0.2, 0.25) is 5.91 Å². The second-order valence-corrected chi connectivity index (χ2v) is 7.28. The molecule has 31 heavy (non-hydrogen) atoms. The van der Waals surface area contributed by atoms with E-state index >= 15 is 0 Å². The highest BCUT2D eigenvalue weighted by Gasteiger charge is 2.16. The van der Waals surface area contributed by atoms with E-state index in [4.69, 9.17) is 9.47 Å². The fourth-order valence-electron chi connectivity index (χ4n) is 3.34. The van der Waals surface area contributed by atoms with Gasteiger partial charge in [0, 0.05) is 24.1 Å². The van der Waals surface area contributed by atoms with Crippen molar-refractivity contribution < 1.29 is 24.0 Å². The van der Waals surface area contributed by atoms with Crippen LogP contribution in [0.15, 0.2) is 53.6 Å². The Hall–Kier alpha value is -3.23. The van der Waals surface area contributed by atoms with Gasteiger partial charge in [-0.2, -0.15) is 5.10 Å². The number of amides is 2. The van der Waals surface area contributed by atoms with Crippen LogP contribution in [0.4, 0.5) is 0 Å². The summed E-state index contributed by atoms with van der Waals surface area (Å²) in [4.78, 5) is 25.4. The van der Waals surface area contributed by atoms with E-state index in [1.165, 1.54) is 4.90 Å². The molecule has 1 aliphatic rings. The van der Waals surface area contributed by atoms with Gasteiger partial charge in [-0.25, -0.2) is 5.43 Å². The largest absolute Gasteiger partial charge is 0.496 e. The average molecular weight is 426 g/mol. The lowest BCUT2D eigenvalue weighted by Crippen LogP contribution is -3.12. The summed E-state index contributed by atoms with van der Waals surface area (Å²) in [6.45, 7) is 4.58. The first-order valence-corrected chi connectivity index (χ1v) is 10.4. The van der Waals surface area contributed by atoms with Gasteiger partial charge >= 0.3 is 0 Å². The lowest BCUT2D eigenvalue weighted by molar-refractivity contribution is -0.921. The van der Waals surface area contributed by atoms with Crippen molar-refractivity contribution in [1.29, 1.82) is 0 Å². The molecule has 8 heteroatoms. The Labute approximate surface area is 182 Å². The van der Waals surface area contributed by atoms with Crippen LogP contribution in [-0.4, -0.2) is 58.0 Å². The molecule has 0 atom stereocenters. The van der Waals surface area contributed by atoms with Gasteiger partial charge in [-0.15, -0.1) is 0 Å². The molecule has 0 bridgehead atoms. The second kappa shape index (κ2) is 11.8. The predicted molar refractivity (Wildman–Crippen MR) is 117 cm³/mol. The zero-order valence-corrected chi connectivity index (χ0v) is 17.7. The van der Waals surface area contributed by atoms with Gasteiger partial charge in [0.25, 0.3) is 5.91 Å². The maximum atomic E-state index is 12.0. The van der Waals surface area contributed by atoms with Crippen molar-refractivity contribution in [3.63, 3.8) is 0 Å². The zero-order chi connectivity index (χ0) is 21.9. The monoisotopic (exact) mass is 425 g/mol. The van der Waals surface area contributed by atoms with E-state index in [2.05, 4.69) is 15.8 Å². The zero-order valence-electron chi connectivity index (χ0n) is 17.7. The molecule has 2 aromatic rings. The summed E-state index contributed by atoms with van der Waals surface area (Å²) in [5, 5.41) is 6.76. The number of hydrogen-bond acceptors (Lipinski definition) is 5. The number of ether oxygens (including phenoxy) is 2. The van der Waals surface area contributed by atoms with Crippen LogP contribution in [0.5, 0.6) is 5.75 Å². The maximum Gasteiger partial charge on any atom is 0.251 e. The minimum absolute atomic E-state index is 0.143. The first-order valence-electron chi connectivity index (χ1n) is 10.4. The normalized spacial score (nSPS) is 14.4. The van der Waals surface area contributed by atoms with Crippen molar-refractivity contribution in [1.82, 2.24) is 10.7 Å². The van der Waals surface area contributed by atoms with E-state index in [0.717, 1.165) is 49.7 Å². The molecule has 0 unspecified atom stereocenters. The number of methoxy groups -OCH3 is 1. The Bertz CT molecular complexity index is 896. The number of morpholine rings is 1. The van der Waals surface area contributed by atoms with Crippen LogP contribution in [0.2, 0.25) is 0 Å². The molecule has 8 nitrogen and oxygen atoms in total. The number of carbonyl (C=O) groups excluding carboxylic acids is 2. The molecule has 0 radical (unpaired) electrons. The Morgan fingerprint density at radius 3 is 2.68 bits per heavy atom. The number of nitrogens with one attached hydrogen (secondary N) is 3. The molecule has 1 fully saturated rings. The SMILES string of the molecule is COc1ccc(/C=N\NC(=O)CCNC(=O)c2ccccc2)cc1C[NH+]1CCOCC1. The minimum atomic E-state index is -0.267. The van der Waals surface area contributed by atoms with E-state index < -0.39 is 0 Å². The molecule has 0 spiro atoms. The van der Waals surface area contributed by atoms with Crippen LogP contribution in [0, 0.1) is 0 Å². The van der Waals surface area contributed by atoms with Crippen molar-refractivity contribution in [2.45, 2.75) is 13.0 Å². The van der Waals surface area contributed by atoms with Gasteiger partial charge in [-0.05, 0) is 35.9 Å². The summed E-state index contributed by atoms with van der Waals surface area (Å²) >= 11 is 0. The molecule has 0 aliphatic carbocycles. The minimum Gasteiger partial charge on any atom is -0.496 e. The summed E-state index contributed by atoms with van der Waals surface area (Å²) in [7, 11) is 1.66. The van der Waals surface area contributed by atoms with Crippen LogP contribution in [0.25, 0.3) is 0 Å². The highest BCUT2D eigenvalue weighted by Crippen LogP contribution is 2.18. The van der Waals surface area contributed by atoms with Crippen LogP contribution in [-0.2, 0) is 16.1 Å². The first-order chi connectivity index (χ1) is 15.2. The number of carbonyl (C=O) groups is 2. The second-order valence-electron chi connectivity index (χ2n) is 7.28. The highest BCUT2D eigenvalue weighted by atomic mass is 16.5.